The normalized spacial score (nSPS) is 12.8. The molecule has 5 nitrogen and oxygen atoms in total. The summed E-state index contributed by atoms with van der Waals surface area (Å²) in [7, 11) is -0.0469. The number of benzene rings is 2. The quantitative estimate of drug-likeness (QED) is 0.716. The molecule has 0 fully saturated rings. The molecule has 7 heteroatoms. The van der Waals surface area contributed by atoms with Crippen molar-refractivity contribution in [1.29, 1.82) is 0 Å². The van der Waals surface area contributed by atoms with Crippen molar-refractivity contribution in [2.24, 2.45) is 0 Å². The van der Waals surface area contributed by atoms with Crippen molar-refractivity contribution in [3.05, 3.63) is 66.0 Å². The number of ether oxygens (including phenoxy) is 1. The Labute approximate surface area is 154 Å². The molecule has 0 spiro atoms. The smallest absolute Gasteiger partial charge is 0.328 e. The van der Waals surface area contributed by atoms with Crippen molar-refractivity contribution in [2.75, 3.05) is 12.9 Å². The van der Waals surface area contributed by atoms with Gasteiger partial charge in [0.05, 0.1) is 24.3 Å². The molecule has 2 atom stereocenters. The van der Waals surface area contributed by atoms with Gasteiger partial charge in [-0.2, -0.15) is 0 Å². The Bertz CT molecular complexity index is 765. The number of halogens is 1. The van der Waals surface area contributed by atoms with Crippen LogP contribution in [0.4, 0.5) is 4.39 Å². The largest absolute Gasteiger partial charge is 0.467 e. The first-order valence-corrected chi connectivity index (χ1v) is 9.36. The lowest BCUT2D eigenvalue weighted by Gasteiger charge is -2.16. The third-order valence-electron chi connectivity index (χ3n) is 3.70. The van der Waals surface area contributed by atoms with Gasteiger partial charge in [-0.25, -0.2) is 9.18 Å². The molecule has 0 aliphatic heterocycles. The van der Waals surface area contributed by atoms with Crippen molar-refractivity contribution >= 4 is 22.7 Å². The summed E-state index contributed by atoms with van der Waals surface area (Å²) in [6, 6.07) is 13.6. The van der Waals surface area contributed by atoms with Crippen molar-refractivity contribution in [3.63, 3.8) is 0 Å². The molecule has 0 bridgehead atoms. The van der Waals surface area contributed by atoms with Crippen LogP contribution in [0, 0.1) is 5.82 Å². The number of nitrogens with one attached hydrogen (secondary N) is 1. The first-order valence-electron chi connectivity index (χ1n) is 8.04. The molecule has 26 heavy (non-hydrogen) atoms. The van der Waals surface area contributed by atoms with Crippen LogP contribution in [0.3, 0.4) is 0 Å². The van der Waals surface area contributed by atoms with E-state index in [1.165, 1.54) is 31.4 Å². The zero-order valence-electron chi connectivity index (χ0n) is 14.3. The number of methoxy groups -OCH3 is 1. The molecule has 0 aromatic heterocycles. The lowest BCUT2D eigenvalue weighted by Crippen LogP contribution is -2.43. The minimum absolute atomic E-state index is 0.00947. The van der Waals surface area contributed by atoms with Crippen LogP contribution < -0.4 is 5.32 Å². The van der Waals surface area contributed by atoms with Crippen LogP contribution in [0.15, 0.2) is 59.5 Å². The number of hydrogen-bond donors (Lipinski definition) is 1. The summed E-state index contributed by atoms with van der Waals surface area (Å²) in [5.74, 6) is -1.16. The summed E-state index contributed by atoms with van der Waals surface area (Å²) in [5.41, 5.74) is 0.625. The van der Waals surface area contributed by atoms with E-state index in [0.29, 0.717) is 10.5 Å². The van der Waals surface area contributed by atoms with Crippen LogP contribution in [-0.4, -0.2) is 35.0 Å². The van der Waals surface area contributed by atoms with Crippen molar-refractivity contribution < 1.29 is 22.9 Å². The second kappa shape index (κ2) is 9.82. The van der Waals surface area contributed by atoms with E-state index in [-0.39, 0.29) is 24.4 Å². The van der Waals surface area contributed by atoms with E-state index in [2.05, 4.69) is 5.32 Å². The highest BCUT2D eigenvalue weighted by molar-refractivity contribution is 7.85. The van der Waals surface area contributed by atoms with Gasteiger partial charge in [0.25, 0.3) is 0 Å². The summed E-state index contributed by atoms with van der Waals surface area (Å²) >= 11 is 0. The van der Waals surface area contributed by atoms with Crippen molar-refractivity contribution in [3.8, 4) is 0 Å². The molecule has 2 aromatic rings. The standard InChI is InChI=1S/C19H20FNO4S/c1-25-19(23)17(11-12-26(24)16-5-3-2-4-6-16)21-18(22)13-14-7-9-15(20)10-8-14/h2-10,17H,11-13H2,1H3,(H,21,22)/t17-,26+/m1/s1. The number of rotatable bonds is 8. The van der Waals surface area contributed by atoms with Gasteiger partial charge in [0, 0.05) is 10.6 Å². The van der Waals surface area contributed by atoms with E-state index >= 15 is 0 Å². The second-order valence-corrected chi connectivity index (χ2v) is 7.17. The van der Waals surface area contributed by atoms with Gasteiger partial charge in [0.15, 0.2) is 0 Å². The maximum Gasteiger partial charge on any atom is 0.328 e. The summed E-state index contributed by atoms with van der Waals surface area (Å²) in [6.45, 7) is 0. The number of carbonyl (C=O) groups excluding carboxylic acids is 2. The molecule has 0 saturated heterocycles. The second-order valence-electron chi connectivity index (χ2n) is 5.60. The van der Waals surface area contributed by atoms with Gasteiger partial charge in [-0.15, -0.1) is 0 Å². The molecule has 0 saturated carbocycles. The molecule has 1 amide bonds. The Morgan fingerprint density at radius 2 is 1.77 bits per heavy atom. The SMILES string of the molecule is COC(=O)[C@@H](CC[S@](=O)c1ccccc1)NC(=O)Cc1ccc(F)cc1. The van der Waals surface area contributed by atoms with Crippen LogP contribution in [0.2, 0.25) is 0 Å². The monoisotopic (exact) mass is 377 g/mol. The highest BCUT2D eigenvalue weighted by Crippen LogP contribution is 2.09. The van der Waals surface area contributed by atoms with Crippen LogP contribution in [0.1, 0.15) is 12.0 Å². The van der Waals surface area contributed by atoms with Crippen LogP contribution in [-0.2, 0) is 31.5 Å². The van der Waals surface area contributed by atoms with Gasteiger partial charge in [-0.3, -0.25) is 9.00 Å². The van der Waals surface area contributed by atoms with E-state index in [1.807, 2.05) is 6.07 Å². The Hall–Kier alpha value is -2.54. The van der Waals surface area contributed by atoms with Gasteiger partial charge < -0.3 is 10.1 Å². The average Bonchev–Trinajstić information content (AvgIpc) is 2.66. The van der Waals surface area contributed by atoms with E-state index in [4.69, 9.17) is 4.74 Å². The number of esters is 1. The van der Waals surface area contributed by atoms with Gasteiger partial charge in [0.2, 0.25) is 5.91 Å². The summed E-state index contributed by atoms with van der Waals surface area (Å²) < 4.78 is 29.9. The van der Waals surface area contributed by atoms with E-state index in [0.717, 1.165) is 0 Å². The molecule has 1 N–H and O–H groups in total. The highest BCUT2D eigenvalue weighted by atomic mass is 32.2. The molecular formula is C19H20FNO4S. The third-order valence-corrected chi connectivity index (χ3v) is 5.10. The summed E-state index contributed by atoms with van der Waals surface area (Å²) in [5, 5.41) is 2.60. The van der Waals surface area contributed by atoms with Gasteiger partial charge in [-0.1, -0.05) is 30.3 Å². The first-order chi connectivity index (χ1) is 12.5. The van der Waals surface area contributed by atoms with E-state index in [9.17, 15) is 18.2 Å². The Kier molecular flexibility index (Phi) is 7.47. The minimum atomic E-state index is -1.28. The third kappa shape index (κ3) is 6.07. The van der Waals surface area contributed by atoms with Crippen molar-refractivity contribution in [2.45, 2.75) is 23.8 Å². The van der Waals surface area contributed by atoms with Crippen LogP contribution in [0.5, 0.6) is 0 Å². The zero-order valence-corrected chi connectivity index (χ0v) is 15.1. The molecule has 0 radical (unpaired) electrons. The molecule has 2 rings (SSSR count). The fourth-order valence-electron chi connectivity index (χ4n) is 2.34. The molecule has 0 heterocycles. The van der Waals surface area contributed by atoms with Gasteiger partial charge in [-0.05, 0) is 36.2 Å². The molecule has 0 aliphatic rings. The topological polar surface area (TPSA) is 72.5 Å². The average molecular weight is 377 g/mol. The Balaban J connectivity index is 1.94. The van der Waals surface area contributed by atoms with Crippen LogP contribution in [0.25, 0.3) is 0 Å². The predicted molar refractivity (Wildman–Crippen MR) is 96.4 cm³/mol. The Morgan fingerprint density at radius 1 is 1.12 bits per heavy atom. The fraction of sp³-hybridized carbons (Fsp3) is 0.263. The fourth-order valence-corrected chi connectivity index (χ4v) is 3.49. The van der Waals surface area contributed by atoms with E-state index in [1.54, 1.807) is 24.3 Å². The maximum atomic E-state index is 12.9. The highest BCUT2D eigenvalue weighted by Gasteiger charge is 2.22. The summed E-state index contributed by atoms with van der Waals surface area (Å²) in [6.07, 6.45) is 0.193. The first kappa shape index (κ1) is 19.8. The van der Waals surface area contributed by atoms with Crippen molar-refractivity contribution in [1.82, 2.24) is 5.32 Å². The van der Waals surface area contributed by atoms with Gasteiger partial charge in [0.1, 0.15) is 11.9 Å². The number of carbonyl (C=O) groups is 2. The number of amides is 1. The molecule has 0 aliphatic carbocycles. The lowest BCUT2D eigenvalue weighted by molar-refractivity contribution is -0.145. The summed E-state index contributed by atoms with van der Waals surface area (Å²) in [4.78, 5) is 24.7. The lowest BCUT2D eigenvalue weighted by atomic mass is 10.1. The number of hydrogen-bond acceptors (Lipinski definition) is 4. The zero-order chi connectivity index (χ0) is 18.9. The van der Waals surface area contributed by atoms with Gasteiger partial charge >= 0.3 is 5.97 Å². The molecular weight excluding hydrogens is 357 g/mol. The molecule has 0 unspecified atom stereocenters. The Morgan fingerprint density at radius 3 is 2.38 bits per heavy atom. The predicted octanol–water partition coefficient (Wildman–Crippen LogP) is 2.22. The molecule has 138 valence electrons. The van der Waals surface area contributed by atoms with E-state index < -0.39 is 28.7 Å². The maximum absolute atomic E-state index is 12.9. The minimum Gasteiger partial charge on any atom is -0.467 e. The van der Waals surface area contributed by atoms with Crippen LogP contribution >= 0.6 is 0 Å². The molecule has 2 aromatic carbocycles.